The highest BCUT2D eigenvalue weighted by Crippen LogP contribution is 2.38. The largest absolute Gasteiger partial charge is 0.353 e. The molecule has 0 spiro atoms. The molecule has 0 aliphatic heterocycles. The fourth-order valence-electron chi connectivity index (χ4n) is 3.53. The van der Waals surface area contributed by atoms with Gasteiger partial charge in [0, 0.05) is 30.3 Å². The van der Waals surface area contributed by atoms with Crippen LogP contribution in [0.4, 0.5) is 5.00 Å². The maximum Gasteiger partial charge on any atom is 0.256 e. The van der Waals surface area contributed by atoms with Crippen molar-refractivity contribution in [2.45, 2.75) is 42.0 Å². The molecule has 11 heteroatoms. The number of hydrogen-bond acceptors (Lipinski definition) is 7. The Balaban J connectivity index is 1.52. The summed E-state index contributed by atoms with van der Waals surface area (Å²) < 4.78 is 27.5. The molecule has 190 valence electrons. The fourth-order valence-corrected chi connectivity index (χ4v) is 6.86. The van der Waals surface area contributed by atoms with Crippen molar-refractivity contribution in [3.05, 3.63) is 60.2 Å². The van der Waals surface area contributed by atoms with Crippen LogP contribution in [0.3, 0.4) is 0 Å². The minimum Gasteiger partial charge on any atom is -0.353 e. The first-order valence-corrected chi connectivity index (χ1v) is 15.0. The molecule has 1 heterocycles. The average Bonchev–Trinajstić information content (AvgIpc) is 3.61. The third-order valence-corrected chi connectivity index (χ3v) is 9.79. The first kappa shape index (κ1) is 26.3. The van der Waals surface area contributed by atoms with Crippen LogP contribution in [-0.4, -0.2) is 54.4 Å². The topological polar surface area (TPSA) is 108 Å². The summed E-state index contributed by atoms with van der Waals surface area (Å²) in [4.78, 5) is 30.0. The predicted octanol–water partition coefficient (Wildman–Crippen LogP) is 4.46. The molecule has 36 heavy (non-hydrogen) atoms. The van der Waals surface area contributed by atoms with E-state index in [1.54, 1.807) is 13.8 Å². The second-order valence-corrected chi connectivity index (χ2v) is 12.4. The molecule has 1 fully saturated rings. The Hall–Kier alpha value is -2.73. The quantitative estimate of drug-likeness (QED) is 0.345. The van der Waals surface area contributed by atoms with Crippen LogP contribution in [0.15, 0.2) is 63.8 Å². The summed E-state index contributed by atoms with van der Waals surface area (Å²) >= 11 is 2.64. The average molecular weight is 545 g/mol. The molecule has 2 aromatic carbocycles. The van der Waals surface area contributed by atoms with Crippen LogP contribution in [0.2, 0.25) is 0 Å². The number of aromatic nitrogens is 1. The summed E-state index contributed by atoms with van der Waals surface area (Å²) in [5.74, 6) is -0.136. The Labute approximate surface area is 219 Å². The SMILES string of the molecule is CCN(CC)S(=O)(=O)c1ccc(C(=O)Nc2sc(SCC(=O)NC3CC3)nc2-c2ccccc2)cc1. The number of nitrogens with zero attached hydrogens (tertiary/aromatic N) is 2. The van der Waals surface area contributed by atoms with Crippen molar-refractivity contribution in [3.8, 4) is 11.3 Å². The second-order valence-electron chi connectivity index (χ2n) is 8.22. The summed E-state index contributed by atoms with van der Waals surface area (Å²) in [5.41, 5.74) is 1.80. The van der Waals surface area contributed by atoms with E-state index in [0.29, 0.717) is 39.7 Å². The standard InChI is InChI=1S/C25H28N4O4S3/c1-3-29(4-2)36(32,33)20-14-10-18(11-15-20)23(31)28-24-22(17-8-6-5-7-9-17)27-25(35-24)34-16-21(30)26-19-12-13-19/h5-11,14-15,19H,3-4,12-13,16H2,1-2H3,(H,26,30)(H,28,31). The molecule has 0 atom stereocenters. The fraction of sp³-hybridized carbons (Fsp3) is 0.320. The number of amides is 2. The highest BCUT2D eigenvalue weighted by molar-refractivity contribution is 8.01. The maximum atomic E-state index is 13.0. The zero-order valence-electron chi connectivity index (χ0n) is 20.1. The molecule has 1 aliphatic rings. The third kappa shape index (κ3) is 6.33. The van der Waals surface area contributed by atoms with Gasteiger partial charge in [-0.3, -0.25) is 9.59 Å². The van der Waals surface area contributed by atoms with Gasteiger partial charge in [-0.2, -0.15) is 4.31 Å². The van der Waals surface area contributed by atoms with Crippen LogP contribution in [0.1, 0.15) is 37.0 Å². The van der Waals surface area contributed by atoms with Gasteiger partial charge in [-0.1, -0.05) is 67.3 Å². The Kier molecular flexibility index (Phi) is 8.45. The molecule has 2 N–H and O–H groups in total. The number of benzene rings is 2. The van der Waals surface area contributed by atoms with E-state index in [1.807, 2.05) is 30.3 Å². The zero-order valence-corrected chi connectivity index (χ0v) is 22.5. The lowest BCUT2D eigenvalue weighted by Crippen LogP contribution is -2.30. The van der Waals surface area contributed by atoms with E-state index in [2.05, 4.69) is 15.6 Å². The summed E-state index contributed by atoms with van der Waals surface area (Å²) in [6.45, 7) is 4.32. The molecular weight excluding hydrogens is 517 g/mol. The summed E-state index contributed by atoms with van der Waals surface area (Å²) in [7, 11) is -3.60. The van der Waals surface area contributed by atoms with Gasteiger partial charge < -0.3 is 10.6 Å². The van der Waals surface area contributed by atoms with Crippen molar-refractivity contribution in [1.29, 1.82) is 0 Å². The Morgan fingerprint density at radius 1 is 1.06 bits per heavy atom. The highest BCUT2D eigenvalue weighted by Gasteiger charge is 2.24. The molecule has 1 aliphatic carbocycles. The van der Waals surface area contributed by atoms with Crippen LogP contribution in [-0.2, 0) is 14.8 Å². The molecule has 1 aromatic heterocycles. The molecule has 2 amide bonds. The monoisotopic (exact) mass is 544 g/mol. The van der Waals surface area contributed by atoms with Gasteiger partial charge in [0.25, 0.3) is 5.91 Å². The van der Waals surface area contributed by atoms with Crippen molar-refractivity contribution in [1.82, 2.24) is 14.6 Å². The zero-order chi connectivity index (χ0) is 25.7. The van der Waals surface area contributed by atoms with E-state index in [0.717, 1.165) is 18.4 Å². The van der Waals surface area contributed by atoms with Crippen LogP contribution in [0.5, 0.6) is 0 Å². The van der Waals surface area contributed by atoms with E-state index in [4.69, 9.17) is 0 Å². The van der Waals surface area contributed by atoms with Crippen LogP contribution >= 0.6 is 23.1 Å². The van der Waals surface area contributed by atoms with Gasteiger partial charge in [0.05, 0.1) is 10.6 Å². The van der Waals surface area contributed by atoms with Gasteiger partial charge in [0.15, 0.2) is 4.34 Å². The minimum atomic E-state index is -3.60. The maximum absolute atomic E-state index is 13.0. The number of nitrogens with one attached hydrogen (secondary N) is 2. The van der Waals surface area contributed by atoms with E-state index in [9.17, 15) is 18.0 Å². The molecule has 1 saturated carbocycles. The second kappa shape index (κ2) is 11.5. The number of sulfonamides is 1. The summed E-state index contributed by atoms with van der Waals surface area (Å²) in [6.07, 6.45) is 2.06. The molecule has 3 aromatic rings. The summed E-state index contributed by atoms with van der Waals surface area (Å²) in [5, 5.41) is 6.45. The first-order valence-electron chi connectivity index (χ1n) is 11.7. The Morgan fingerprint density at radius 3 is 2.33 bits per heavy atom. The number of carbonyl (C=O) groups excluding carboxylic acids is 2. The van der Waals surface area contributed by atoms with Crippen molar-refractivity contribution in [2.24, 2.45) is 0 Å². The van der Waals surface area contributed by atoms with Crippen LogP contribution in [0.25, 0.3) is 11.3 Å². The highest BCUT2D eigenvalue weighted by atomic mass is 32.2. The predicted molar refractivity (Wildman–Crippen MR) is 144 cm³/mol. The normalized spacial score (nSPS) is 13.5. The number of carbonyl (C=O) groups is 2. The van der Waals surface area contributed by atoms with Crippen molar-refractivity contribution >= 4 is 49.9 Å². The lowest BCUT2D eigenvalue weighted by Gasteiger charge is -2.18. The van der Waals surface area contributed by atoms with Gasteiger partial charge >= 0.3 is 0 Å². The van der Waals surface area contributed by atoms with Crippen molar-refractivity contribution in [2.75, 3.05) is 24.2 Å². The number of anilines is 1. The van der Waals surface area contributed by atoms with Crippen LogP contribution < -0.4 is 10.6 Å². The molecule has 0 bridgehead atoms. The molecule has 4 rings (SSSR count). The molecule has 0 unspecified atom stereocenters. The Morgan fingerprint density at radius 2 is 1.72 bits per heavy atom. The Bertz CT molecular complexity index is 1320. The van der Waals surface area contributed by atoms with Crippen LogP contribution in [0, 0.1) is 0 Å². The van der Waals surface area contributed by atoms with Gasteiger partial charge in [-0.15, -0.1) is 0 Å². The molecular formula is C25H28N4O4S3. The van der Waals surface area contributed by atoms with Gasteiger partial charge in [-0.25, -0.2) is 13.4 Å². The minimum absolute atomic E-state index is 0.0238. The molecule has 0 saturated heterocycles. The number of thiazole rings is 1. The van der Waals surface area contributed by atoms with E-state index < -0.39 is 10.0 Å². The third-order valence-electron chi connectivity index (χ3n) is 5.61. The van der Waals surface area contributed by atoms with Crippen molar-refractivity contribution < 1.29 is 18.0 Å². The lowest BCUT2D eigenvalue weighted by molar-refractivity contribution is -0.118. The van der Waals surface area contributed by atoms with Crippen molar-refractivity contribution in [3.63, 3.8) is 0 Å². The van der Waals surface area contributed by atoms with Gasteiger partial charge in [0.1, 0.15) is 10.7 Å². The van der Waals surface area contributed by atoms with Gasteiger partial charge in [-0.05, 0) is 37.1 Å². The number of rotatable bonds is 11. The first-order chi connectivity index (χ1) is 17.3. The van der Waals surface area contributed by atoms with Gasteiger partial charge in [0.2, 0.25) is 15.9 Å². The lowest BCUT2D eigenvalue weighted by atomic mass is 10.1. The molecule has 0 radical (unpaired) electrons. The summed E-state index contributed by atoms with van der Waals surface area (Å²) in [6, 6.07) is 15.7. The molecule has 8 nitrogen and oxygen atoms in total. The van der Waals surface area contributed by atoms with E-state index in [1.165, 1.54) is 51.7 Å². The van der Waals surface area contributed by atoms with E-state index >= 15 is 0 Å². The number of thioether (sulfide) groups is 1. The van der Waals surface area contributed by atoms with E-state index in [-0.39, 0.29) is 22.5 Å². The number of hydrogen-bond donors (Lipinski definition) is 2. The smallest absolute Gasteiger partial charge is 0.256 e.